The third kappa shape index (κ3) is 7.64. The van der Waals surface area contributed by atoms with Crippen molar-refractivity contribution in [3.63, 3.8) is 0 Å². The second-order valence-electron chi connectivity index (χ2n) is 13.9. The van der Waals surface area contributed by atoms with Crippen molar-refractivity contribution in [3.05, 3.63) is 244 Å². The standard InChI is InChI=1S/C46H32Cl4N2O9/c47-35-17-5-1-13-31(35)41-39(21-23-45(51(53)54,33-15-3-7-19-37(33)49)43(41)59-27-29-11-9-25-57-29)61-40-22-24-46(52(55)56,34-16-4-8-20-38(34)50)44(60-28-30-12-10-26-58-30)42(40)32-14-2-6-18-36(32)48/h1-26,39-40H,27-28H2. The minimum atomic E-state index is -2.20. The molecule has 0 aliphatic heterocycles. The maximum absolute atomic E-state index is 13.7. The van der Waals surface area contributed by atoms with Crippen molar-refractivity contribution < 1.29 is 32.9 Å². The molecule has 15 heteroatoms. The van der Waals surface area contributed by atoms with Gasteiger partial charge in [0, 0.05) is 54.3 Å². The van der Waals surface area contributed by atoms with Gasteiger partial charge < -0.3 is 23.0 Å². The molecule has 2 aromatic heterocycles. The van der Waals surface area contributed by atoms with Gasteiger partial charge >= 0.3 is 11.1 Å². The zero-order valence-electron chi connectivity index (χ0n) is 31.7. The molecule has 61 heavy (non-hydrogen) atoms. The van der Waals surface area contributed by atoms with Gasteiger partial charge in [0.2, 0.25) is 0 Å². The second-order valence-corrected chi connectivity index (χ2v) is 15.5. The Hall–Kier alpha value is -6.08. The Labute approximate surface area is 369 Å². The average molecular weight is 899 g/mol. The first-order valence-electron chi connectivity index (χ1n) is 18.7. The molecule has 308 valence electrons. The minimum Gasteiger partial charge on any atom is -0.481 e. The lowest BCUT2D eigenvalue weighted by atomic mass is 9.77. The lowest BCUT2D eigenvalue weighted by molar-refractivity contribution is -0.557. The van der Waals surface area contributed by atoms with Crippen LogP contribution in [0.4, 0.5) is 0 Å². The smallest absolute Gasteiger partial charge is 0.323 e. The number of rotatable bonds is 14. The average Bonchev–Trinajstić information content (AvgIpc) is 3.99. The zero-order valence-corrected chi connectivity index (χ0v) is 34.7. The Morgan fingerprint density at radius 3 is 1.25 bits per heavy atom. The zero-order chi connectivity index (χ0) is 42.7. The molecule has 0 saturated heterocycles. The molecule has 0 spiro atoms. The molecule has 6 aromatic rings. The van der Waals surface area contributed by atoms with E-state index in [2.05, 4.69) is 0 Å². The number of benzene rings is 4. The van der Waals surface area contributed by atoms with Crippen LogP contribution >= 0.6 is 46.4 Å². The van der Waals surface area contributed by atoms with E-state index >= 15 is 0 Å². The van der Waals surface area contributed by atoms with Gasteiger partial charge in [-0.3, -0.25) is 20.2 Å². The summed E-state index contributed by atoms with van der Waals surface area (Å²) < 4.78 is 31.3. The summed E-state index contributed by atoms with van der Waals surface area (Å²) in [4.78, 5) is 26.4. The summed E-state index contributed by atoms with van der Waals surface area (Å²) in [5, 5.41) is 28.1. The fourth-order valence-corrected chi connectivity index (χ4v) is 8.70. The minimum absolute atomic E-state index is 0.106. The number of nitro groups is 2. The third-order valence-corrected chi connectivity index (χ3v) is 11.7. The Morgan fingerprint density at radius 1 is 0.525 bits per heavy atom. The van der Waals surface area contributed by atoms with Crippen molar-refractivity contribution in [2.24, 2.45) is 0 Å². The highest BCUT2D eigenvalue weighted by molar-refractivity contribution is 6.33. The Bertz CT molecular complexity index is 2540. The van der Waals surface area contributed by atoms with E-state index < -0.39 is 33.1 Å². The van der Waals surface area contributed by atoms with Crippen LogP contribution in [-0.4, -0.2) is 22.1 Å². The quantitative estimate of drug-likeness (QED) is 0.0593. The highest BCUT2D eigenvalue weighted by Gasteiger charge is 2.57. The Morgan fingerprint density at radius 2 is 0.902 bits per heavy atom. The predicted octanol–water partition coefficient (Wildman–Crippen LogP) is 12.3. The van der Waals surface area contributed by atoms with Crippen molar-refractivity contribution in [3.8, 4) is 0 Å². The summed E-state index contributed by atoms with van der Waals surface area (Å²) in [5.74, 6) is 0.441. The van der Waals surface area contributed by atoms with Gasteiger partial charge in [0.1, 0.15) is 36.9 Å². The molecule has 0 bridgehead atoms. The van der Waals surface area contributed by atoms with Crippen molar-refractivity contribution in [1.29, 1.82) is 0 Å². The molecule has 0 fully saturated rings. The first kappa shape index (κ1) is 41.6. The highest BCUT2D eigenvalue weighted by atomic mass is 35.5. The molecule has 2 aliphatic rings. The van der Waals surface area contributed by atoms with Crippen LogP contribution < -0.4 is 0 Å². The van der Waals surface area contributed by atoms with Gasteiger partial charge in [-0.1, -0.05) is 107 Å². The van der Waals surface area contributed by atoms with Crippen LogP contribution in [0, 0.1) is 20.2 Å². The van der Waals surface area contributed by atoms with E-state index in [1.165, 1.54) is 36.8 Å². The van der Waals surface area contributed by atoms with Gasteiger partial charge in [0.05, 0.1) is 33.7 Å². The third-order valence-electron chi connectivity index (χ3n) is 10.4. The van der Waals surface area contributed by atoms with Crippen LogP contribution in [0.5, 0.6) is 0 Å². The molecule has 0 N–H and O–H groups in total. The van der Waals surface area contributed by atoms with Crippen LogP contribution in [0.25, 0.3) is 11.1 Å². The molecule has 8 rings (SSSR count). The largest absolute Gasteiger partial charge is 0.481 e. The van der Waals surface area contributed by atoms with Crippen molar-refractivity contribution >= 4 is 57.5 Å². The lowest BCUT2D eigenvalue weighted by Gasteiger charge is -2.37. The van der Waals surface area contributed by atoms with Gasteiger partial charge in [-0.25, -0.2) is 0 Å². The van der Waals surface area contributed by atoms with Crippen LogP contribution in [-0.2, 0) is 38.5 Å². The molecule has 4 unspecified atom stereocenters. The Kier molecular flexibility index (Phi) is 11.9. The van der Waals surface area contributed by atoms with E-state index in [4.69, 9.17) is 69.4 Å². The monoisotopic (exact) mass is 896 g/mol. The molecule has 0 saturated carbocycles. The van der Waals surface area contributed by atoms with Crippen molar-refractivity contribution in [2.45, 2.75) is 36.5 Å². The molecular weight excluding hydrogens is 866 g/mol. The van der Waals surface area contributed by atoms with E-state index in [0.717, 1.165) is 0 Å². The topological polar surface area (TPSA) is 140 Å². The first-order chi connectivity index (χ1) is 29.6. The summed E-state index contributed by atoms with van der Waals surface area (Å²) in [7, 11) is 0. The fourth-order valence-electron chi connectivity index (χ4n) is 7.66. The van der Waals surface area contributed by atoms with Crippen LogP contribution in [0.1, 0.15) is 33.8 Å². The summed E-state index contributed by atoms with van der Waals surface area (Å²) in [6.45, 7) is -0.447. The number of ether oxygens (including phenoxy) is 3. The van der Waals surface area contributed by atoms with Gasteiger partial charge in [0.25, 0.3) is 0 Å². The predicted molar refractivity (Wildman–Crippen MR) is 231 cm³/mol. The van der Waals surface area contributed by atoms with Crippen LogP contribution in [0.3, 0.4) is 0 Å². The van der Waals surface area contributed by atoms with Gasteiger partial charge in [0.15, 0.2) is 11.5 Å². The molecule has 11 nitrogen and oxygen atoms in total. The van der Waals surface area contributed by atoms with E-state index in [1.54, 1.807) is 121 Å². The molecule has 4 atom stereocenters. The van der Waals surface area contributed by atoms with E-state index in [9.17, 15) is 20.2 Å². The van der Waals surface area contributed by atoms with E-state index in [1.807, 2.05) is 0 Å². The molecule has 0 amide bonds. The maximum atomic E-state index is 13.7. The van der Waals surface area contributed by atoms with Gasteiger partial charge in [-0.15, -0.1) is 0 Å². The van der Waals surface area contributed by atoms with Gasteiger partial charge in [-0.2, -0.15) is 0 Å². The summed E-state index contributed by atoms with van der Waals surface area (Å²) in [6.07, 6.45) is 6.34. The highest BCUT2D eigenvalue weighted by Crippen LogP contribution is 2.52. The fraction of sp³-hybridized carbons (Fsp3) is 0.130. The number of hydrogen-bond donors (Lipinski definition) is 0. The molecule has 2 aliphatic carbocycles. The van der Waals surface area contributed by atoms with Crippen LogP contribution in [0.2, 0.25) is 20.1 Å². The van der Waals surface area contributed by atoms with Gasteiger partial charge in [-0.05, 0) is 72.8 Å². The first-order valence-corrected chi connectivity index (χ1v) is 20.2. The van der Waals surface area contributed by atoms with E-state index in [0.29, 0.717) is 22.6 Å². The normalized spacial score (nSPS) is 21.1. The Balaban J connectivity index is 1.38. The number of furan rings is 2. The molecule has 0 radical (unpaired) electrons. The number of nitrogens with zero attached hydrogens (tertiary/aromatic N) is 2. The second kappa shape index (κ2) is 17.5. The number of hydrogen-bond acceptors (Lipinski definition) is 9. The molecule has 4 aromatic carbocycles. The maximum Gasteiger partial charge on any atom is 0.323 e. The van der Waals surface area contributed by atoms with E-state index in [-0.39, 0.29) is 67.1 Å². The SMILES string of the molecule is O=[N+]([O-])C1(c2ccccc2Cl)C=CC(OC2C=CC(c3ccccc3Cl)([N+](=O)[O-])C(OCc3ccco3)=C2c2ccccc2Cl)C(c2ccccc2Cl)=C1OCc1ccco1. The van der Waals surface area contributed by atoms with Crippen molar-refractivity contribution in [1.82, 2.24) is 0 Å². The lowest BCUT2D eigenvalue weighted by Crippen LogP contribution is -2.43. The summed E-state index contributed by atoms with van der Waals surface area (Å²) in [6, 6.07) is 33.0. The summed E-state index contributed by atoms with van der Waals surface area (Å²) >= 11 is 27.4. The van der Waals surface area contributed by atoms with Crippen LogP contribution in [0.15, 0.2) is 179 Å². The van der Waals surface area contributed by atoms with Crippen molar-refractivity contribution in [2.75, 3.05) is 0 Å². The number of halogens is 4. The molecular formula is C46H32Cl4N2O9. The molecule has 2 heterocycles. The summed E-state index contributed by atoms with van der Waals surface area (Å²) in [5.41, 5.74) is -3.12.